The van der Waals surface area contributed by atoms with Crippen molar-refractivity contribution in [1.29, 1.82) is 0 Å². The van der Waals surface area contributed by atoms with Crippen molar-refractivity contribution in [3.8, 4) is 11.4 Å². The van der Waals surface area contributed by atoms with E-state index < -0.39 is 0 Å². The molecule has 0 aliphatic heterocycles. The van der Waals surface area contributed by atoms with Gasteiger partial charge in [-0.3, -0.25) is 0 Å². The molecule has 0 radical (unpaired) electrons. The molecular weight excluding hydrogens is 262 g/mol. The molecule has 112 valence electrons. The van der Waals surface area contributed by atoms with Crippen molar-refractivity contribution in [2.45, 2.75) is 46.1 Å². The molecule has 1 saturated carbocycles. The van der Waals surface area contributed by atoms with E-state index in [-0.39, 0.29) is 0 Å². The molecule has 5 nitrogen and oxygen atoms in total. The van der Waals surface area contributed by atoms with Gasteiger partial charge in [0.15, 0.2) is 5.82 Å². The van der Waals surface area contributed by atoms with Gasteiger partial charge in [-0.15, -0.1) is 5.10 Å². The molecule has 1 fully saturated rings. The fourth-order valence-corrected chi connectivity index (χ4v) is 3.07. The van der Waals surface area contributed by atoms with Gasteiger partial charge in [-0.1, -0.05) is 31.9 Å². The Morgan fingerprint density at radius 3 is 2.71 bits per heavy atom. The first kappa shape index (κ1) is 14.0. The summed E-state index contributed by atoms with van der Waals surface area (Å²) in [5, 5.41) is 12.2. The SMILES string of the molecule is Cc1ccc(-c2nnnn2CC2CCC(C)CC2)cc1N. The van der Waals surface area contributed by atoms with E-state index in [1.165, 1.54) is 25.7 Å². The minimum atomic E-state index is 0.686. The molecular formula is C16H23N5. The number of rotatable bonds is 3. The minimum Gasteiger partial charge on any atom is -0.398 e. The van der Waals surface area contributed by atoms with Crippen molar-refractivity contribution in [3.05, 3.63) is 23.8 Å². The van der Waals surface area contributed by atoms with E-state index in [1.807, 2.05) is 29.8 Å². The van der Waals surface area contributed by atoms with Crippen LogP contribution in [0, 0.1) is 18.8 Å². The van der Waals surface area contributed by atoms with Crippen molar-refractivity contribution in [1.82, 2.24) is 20.2 Å². The van der Waals surface area contributed by atoms with E-state index in [0.29, 0.717) is 5.92 Å². The molecule has 1 heterocycles. The fourth-order valence-electron chi connectivity index (χ4n) is 3.07. The maximum Gasteiger partial charge on any atom is 0.182 e. The van der Waals surface area contributed by atoms with Gasteiger partial charge in [0.25, 0.3) is 0 Å². The summed E-state index contributed by atoms with van der Waals surface area (Å²) in [5.74, 6) is 2.37. The lowest BCUT2D eigenvalue weighted by molar-refractivity contribution is 0.257. The van der Waals surface area contributed by atoms with Crippen molar-refractivity contribution in [3.63, 3.8) is 0 Å². The standard InChI is InChI=1S/C16H23N5/c1-11-3-6-13(7-4-11)10-21-16(18-19-20-21)14-8-5-12(2)15(17)9-14/h5,8-9,11,13H,3-4,6-7,10,17H2,1-2H3. The lowest BCUT2D eigenvalue weighted by Gasteiger charge is -2.26. The predicted octanol–water partition coefficient (Wildman–Crippen LogP) is 3.06. The van der Waals surface area contributed by atoms with Gasteiger partial charge >= 0.3 is 0 Å². The van der Waals surface area contributed by atoms with Crippen LogP contribution in [0.15, 0.2) is 18.2 Å². The van der Waals surface area contributed by atoms with Crippen LogP contribution in [0.3, 0.4) is 0 Å². The molecule has 5 heteroatoms. The molecule has 21 heavy (non-hydrogen) atoms. The summed E-state index contributed by atoms with van der Waals surface area (Å²) in [4.78, 5) is 0. The number of aromatic nitrogens is 4. The summed E-state index contributed by atoms with van der Waals surface area (Å²) in [7, 11) is 0. The lowest BCUT2D eigenvalue weighted by atomic mass is 9.83. The van der Waals surface area contributed by atoms with Crippen LogP contribution in [0.4, 0.5) is 5.69 Å². The van der Waals surface area contributed by atoms with Gasteiger partial charge in [0.1, 0.15) is 0 Å². The zero-order chi connectivity index (χ0) is 14.8. The highest BCUT2D eigenvalue weighted by atomic mass is 15.5. The Labute approximate surface area is 125 Å². The Kier molecular flexibility index (Phi) is 3.90. The number of hydrogen-bond donors (Lipinski definition) is 1. The second kappa shape index (κ2) is 5.84. The molecule has 1 aromatic carbocycles. The average Bonchev–Trinajstić information content (AvgIpc) is 2.92. The number of hydrogen-bond acceptors (Lipinski definition) is 4. The molecule has 0 spiro atoms. The van der Waals surface area contributed by atoms with E-state index >= 15 is 0 Å². The Bertz CT molecular complexity index is 611. The Morgan fingerprint density at radius 1 is 1.24 bits per heavy atom. The molecule has 0 amide bonds. The molecule has 0 unspecified atom stereocenters. The number of nitrogen functional groups attached to an aromatic ring is 1. The third-order valence-electron chi connectivity index (χ3n) is 4.64. The molecule has 2 N–H and O–H groups in total. The summed E-state index contributed by atoms with van der Waals surface area (Å²) in [5.41, 5.74) is 8.86. The fraction of sp³-hybridized carbons (Fsp3) is 0.562. The number of aryl methyl sites for hydroxylation is 1. The van der Waals surface area contributed by atoms with E-state index in [4.69, 9.17) is 5.73 Å². The first-order valence-corrected chi connectivity index (χ1v) is 7.76. The van der Waals surface area contributed by atoms with E-state index in [1.54, 1.807) is 0 Å². The zero-order valence-electron chi connectivity index (χ0n) is 12.8. The number of tetrazole rings is 1. The molecule has 2 aromatic rings. The van der Waals surface area contributed by atoms with Gasteiger partial charge in [0, 0.05) is 17.8 Å². The second-order valence-electron chi connectivity index (χ2n) is 6.38. The Morgan fingerprint density at radius 2 is 2.00 bits per heavy atom. The smallest absolute Gasteiger partial charge is 0.182 e. The summed E-state index contributed by atoms with van der Waals surface area (Å²) >= 11 is 0. The third kappa shape index (κ3) is 3.06. The second-order valence-corrected chi connectivity index (χ2v) is 6.38. The molecule has 1 aliphatic carbocycles. The van der Waals surface area contributed by atoms with Gasteiger partial charge in [-0.2, -0.15) is 0 Å². The molecule has 1 aliphatic rings. The van der Waals surface area contributed by atoms with Crippen LogP contribution in [-0.4, -0.2) is 20.2 Å². The van der Waals surface area contributed by atoms with Crippen LogP contribution in [0.25, 0.3) is 11.4 Å². The van der Waals surface area contributed by atoms with Gasteiger partial charge in [-0.25, -0.2) is 4.68 Å². The highest BCUT2D eigenvalue weighted by Gasteiger charge is 2.20. The topological polar surface area (TPSA) is 69.6 Å². The highest BCUT2D eigenvalue weighted by Crippen LogP contribution is 2.30. The molecule has 1 aromatic heterocycles. The first-order valence-electron chi connectivity index (χ1n) is 7.76. The Balaban J connectivity index is 1.79. The van der Waals surface area contributed by atoms with Crippen LogP contribution < -0.4 is 5.73 Å². The van der Waals surface area contributed by atoms with Gasteiger partial charge < -0.3 is 5.73 Å². The number of anilines is 1. The predicted molar refractivity (Wildman–Crippen MR) is 83.5 cm³/mol. The van der Waals surface area contributed by atoms with Crippen LogP contribution in [-0.2, 0) is 6.54 Å². The van der Waals surface area contributed by atoms with Crippen molar-refractivity contribution in [2.75, 3.05) is 5.73 Å². The van der Waals surface area contributed by atoms with Crippen molar-refractivity contribution < 1.29 is 0 Å². The van der Waals surface area contributed by atoms with Crippen LogP contribution in [0.1, 0.15) is 38.2 Å². The van der Waals surface area contributed by atoms with E-state index in [9.17, 15) is 0 Å². The molecule has 0 atom stereocenters. The minimum absolute atomic E-state index is 0.686. The summed E-state index contributed by atoms with van der Waals surface area (Å²) in [6, 6.07) is 6.02. The maximum atomic E-state index is 6.00. The number of nitrogens with two attached hydrogens (primary N) is 1. The zero-order valence-corrected chi connectivity index (χ0v) is 12.8. The monoisotopic (exact) mass is 285 g/mol. The van der Waals surface area contributed by atoms with E-state index in [0.717, 1.165) is 35.1 Å². The largest absolute Gasteiger partial charge is 0.398 e. The van der Waals surface area contributed by atoms with Gasteiger partial charge in [0.2, 0.25) is 0 Å². The molecule has 0 saturated heterocycles. The van der Waals surface area contributed by atoms with E-state index in [2.05, 4.69) is 22.4 Å². The quantitative estimate of drug-likeness (QED) is 0.880. The summed E-state index contributed by atoms with van der Waals surface area (Å²) in [6.45, 7) is 5.25. The summed E-state index contributed by atoms with van der Waals surface area (Å²) < 4.78 is 1.94. The van der Waals surface area contributed by atoms with Crippen LogP contribution in [0.5, 0.6) is 0 Å². The maximum absolute atomic E-state index is 6.00. The van der Waals surface area contributed by atoms with Gasteiger partial charge in [-0.05, 0) is 53.7 Å². The number of nitrogens with zero attached hydrogens (tertiary/aromatic N) is 4. The Hall–Kier alpha value is -1.91. The normalized spacial score (nSPS) is 22.4. The first-order chi connectivity index (χ1) is 10.1. The van der Waals surface area contributed by atoms with Crippen molar-refractivity contribution in [2.24, 2.45) is 11.8 Å². The number of benzene rings is 1. The van der Waals surface area contributed by atoms with Crippen molar-refractivity contribution >= 4 is 5.69 Å². The summed E-state index contributed by atoms with van der Waals surface area (Å²) in [6.07, 6.45) is 5.19. The molecule has 0 bridgehead atoms. The van der Waals surface area contributed by atoms with Crippen LogP contribution >= 0.6 is 0 Å². The highest BCUT2D eigenvalue weighted by molar-refractivity contribution is 5.63. The van der Waals surface area contributed by atoms with Gasteiger partial charge in [0.05, 0.1) is 0 Å². The average molecular weight is 285 g/mol. The lowest BCUT2D eigenvalue weighted by Crippen LogP contribution is -2.19. The molecule has 3 rings (SSSR count). The third-order valence-corrected chi connectivity index (χ3v) is 4.64. The van der Waals surface area contributed by atoms with Crippen LogP contribution in [0.2, 0.25) is 0 Å².